The molecule has 3 aliphatic heterocycles. The van der Waals surface area contributed by atoms with Crippen LogP contribution in [0.4, 0.5) is 5.82 Å². The van der Waals surface area contributed by atoms with Crippen LogP contribution in [0.5, 0.6) is 6.01 Å². The van der Waals surface area contributed by atoms with Crippen LogP contribution in [-0.2, 0) is 4.79 Å². The highest BCUT2D eigenvalue weighted by Crippen LogP contribution is 2.43. The maximum atomic E-state index is 12.3. The Kier molecular flexibility index (Phi) is 6.47. The van der Waals surface area contributed by atoms with Crippen LogP contribution in [0.25, 0.3) is 22.2 Å². The van der Waals surface area contributed by atoms with E-state index in [9.17, 15) is 10.1 Å². The number of carbonyl (C=O) groups excluding carboxylic acids is 1. The van der Waals surface area contributed by atoms with Crippen molar-refractivity contribution < 1.29 is 9.53 Å². The summed E-state index contributed by atoms with van der Waals surface area (Å²) in [6.07, 6.45) is 8.36. The molecule has 1 N–H and O–H groups in total. The number of aromatic nitrogens is 4. The summed E-state index contributed by atoms with van der Waals surface area (Å²) in [4.78, 5) is 28.4. The lowest BCUT2D eigenvalue weighted by Gasteiger charge is -2.47. The number of carbonyl (C=O) groups is 1. The van der Waals surface area contributed by atoms with E-state index in [0.29, 0.717) is 35.7 Å². The summed E-state index contributed by atoms with van der Waals surface area (Å²) < 4.78 is 6.24. The first-order chi connectivity index (χ1) is 18.9. The van der Waals surface area contributed by atoms with Gasteiger partial charge in [0, 0.05) is 48.6 Å². The van der Waals surface area contributed by atoms with Gasteiger partial charge in [-0.2, -0.15) is 20.3 Å². The van der Waals surface area contributed by atoms with Gasteiger partial charge in [0.25, 0.3) is 0 Å². The molecule has 3 saturated heterocycles. The van der Waals surface area contributed by atoms with Gasteiger partial charge in [-0.3, -0.25) is 9.89 Å². The third kappa shape index (κ3) is 4.51. The summed E-state index contributed by atoms with van der Waals surface area (Å²) in [5.41, 5.74) is 3.78. The molecule has 3 aromatic rings. The van der Waals surface area contributed by atoms with Crippen molar-refractivity contribution in [1.82, 2.24) is 30.0 Å². The molecule has 1 aromatic carbocycles. The van der Waals surface area contributed by atoms with Crippen molar-refractivity contribution in [2.45, 2.75) is 39.2 Å². The van der Waals surface area contributed by atoms with Gasteiger partial charge in [-0.25, -0.2) is 0 Å². The Hall–Kier alpha value is -3.97. The van der Waals surface area contributed by atoms with Crippen molar-refractivity contribution >= 4 is 22.6 Å². The Morgan fingerprint density at radius 2 is 2.13 bits per heavy atom. The largest absolute Gasteiger partial charge is 0.462 e. The molecule has 0 bridgehead atoms. The average molecular weight is 527 g/mol. The minimum absolute atomic E-state index is 0.0170. The molecule has 5 heterocycles. The number of nitriles is 1. The van der Waals surface area contributed by atoms with Crippen LogP contribution in [0, 0.1) is 23.7 Å². The lowest BCUT2D eigenvalue weighted by Crippen LogP contribution is -2.59. The zero-order chi connectivity index (χ0) is 27.1. The van der Waals surface area contributed by atoms with Gasteiger partial charge in [-0.05, 0) is 64.4 Å². The molecule has 39 heavy (non-hydrogen) atoms. The fourth-order valence-electron chi connectivity index (χ4n) is 6.35. The number of nitrogens with zero attached hydrogens (tertiary/aromatic N) is 7. The van der Waals surface area contributed by atoms with E-state index in [-0.39, 0.29) is 11.3 Å². The summed E-state index contributed by atoms with van der Waals surface area (Å²) in [7, 11) is 2.12. The Morgan fingerprint density at radius 3 is 2.87 bits per heavy atom. The first-order valence-electron chi connectivity index (χ1n) is 13.7. The van der Waals surface area contributed by atoms with Crippen molar-refractivity contribution in [1.29, 1.82) is 5.26 Å². The van der Waals surface area contributed by atoms with Crippen LogP contribution in [0.3, 0.4) is 0 Å². The number of allylic oxidation sites excluding steroid dienone is 1. The van der Waals surface area contributed by atoms with E-state index in [4.69, 9.17) is 14.7 Å². The quantitative estimate of drug-likeness (QED) is 0.487. The van der Waals surface area contributed by atoms with E-state index in [1.54, 1.807) is 18.3 Å². The predicted molar refractivity (Wildman–Crippen MR) is 148 cm³/mol. The van der Waals surface area contributed by atoms with E-state index in [0.717, 1.165) is 74.0 Å². The summed E-state index contributed by atoms with van der Waals surface area (Å²) >= 11 is 0. The molecule has 202 valence electrons. The monoisotopic (exact) mass is 526 g/mol. The number of ether oxygens (including phenoxy) is 1. The minimum atomic E-state index is 0.0170. The van der Waals surface area contributed by atoms with E-state index >= 15 is 0 Å². The molecule has 6 rings (SSSR count). The molecule has 1 unspecified atom stereocenters. The topological polar surface area (TPSA) is 114 Å². The number of likely N-dealkylation sites (N-methyl/N-ethyl adjacent to an activating group) is 1. The Balaban J connectivity index is 1.37. The highest BCUT2D eigenvalue weighted by atomic mass is 16.5. The molecular formula is C29H34N8O2. The standard InChI is InChI=1S/C29H34N8O2/c1-4-6-24(38)37-17-29(18-37)10-12-36(16-29)27-21(13-30)26(25-19(2)8-9-23-22(25)14-31-34-23)32-28(33-27)39-15-20-7-5-11-35(20)3/h4,6,8-9,14,20H,5,7,10-12,15-18H2,1-3H3,(H,31,34)/b6-4+. The molecule has 1 spiro atoms. The molecule has 1 atom stereocenters. The van der Waals surface area contributed by atoms with Gasteiger partial charge in [0.15, 0.2) is 5.82 Å². The van der Waals surface area contributed by atoms with E-state index in [2.05, 4.69) is 33.1 Å². The number of H-pyrrole nitrogens is 1. The Labute approximate surface area is 228 Å². The molecule has 3 fully saturated rings. The number of likely N-dealkylation sites (tertiary alicyclic amines) is 2. The number of hydrogen-bond acceptors (Lipinski definition) is 8. The normalized spacial score (nSPS) is 20.7. The third-order valence-corrected chi connectivity index (χ3v) is 8.54. The highest BCUT2D eigenvalue weighted by Gasteiger charge is 2.49. The maximum Gasteiger partial charge on any atom is 0.319 e. The van der Waals surface area contributed by atoms with E-state index < -0.39 is 0 Å². The van der Waals surface area contributed by atoms with Crippen molar-refractivity contribution in [3.63, 3.8) is 0 Å². The van der Waals surface area contributed by atoms with Gasteiger partial charge < -0.3 is 19.4 Å². The van der Waals surface area contributed by atoms with Crippen molar-refractivity contribution in [3.8, 4) is 23.3 Å². The van der Waals surface area contributed by atoms with Crippen LogP contribution in [-0.4, -0.2) is 88.3 Å². The predicted octanol–water partition coefficient (Wildman–Crippen LogP) is 3.29. The SMILES string of the molecule is C/C=C/C(=O)N1CC2(CCN(c3nc(OCC4CCCN4C)nc(-c4c(C)ccc5[nH]ncc45)c3C#N)C2)C1. The molecule has 2 aromatic heterocycles. The summed E-state index contributed by atoms with van der Waals surface area (Å²) in [6, 6.07) is 7.04. The van der Waals surface area contributed by atoms with Crippen LogP contribution in [0.15, 0.2) is 30.5 Å². The molecule has 3 aliphatic rings. The fraction of sp³-hybridized carbons (Fsp3) is 0.483. The van der Waals surface area contributed by atoms with E-state index in [1.807, 2.05) is 30.9 Å². The highest BCUT2D eigenvalue weighted by molar-refractivity contribution is 5.97. The Morgan fingerprint density at radius 1 is 1.28 bits per heavy atom. The number of aryl methyl sites for hydroxylation is 1. The first-order valence-corrected chi connectivity index (χ1v) is 13.7. The molecule has 0 radical (unpaired) electrons. The minimum Gasteiger partial charge on any atom is -0.462 e. The second kappa shape index (κ2) is 9.97. The molecular weight excluding hydrogens is 492 g/mol. The van der Waals surface area contributed by atoms with Crippen LogP contribution < -0.4 is 9.64 Å². The van der Waals surface area contributed by atoms with Gasteiger partial charge in [-0.15, -0.1) is 0 Å². The van der Waals surface area contributed by atoms with Crippen molar-refractivity contribution in [2.24, 2.45) is 5.41 Å². The van der Waals surface area contributed by atoms with Gasteiger partial charge in [0.05, 0.1) is 17.4 Å². The first kappa shape index (κ1) is 25.3. The smallest absolute Gasteiger partial charge is 0.319 e. The number of anilines is 1. The van der Waals surface area contributed by atoms with Gasteiger partial charge in [0.1, 0.15) is 18.2 Å². The van der Waals surface area contributed by atoms with Gasteiger partial charge in [0.2, 0.25) is 5.91 Å². The molecule has 0 saturated carbocycles. The summed E-state index contributed by atoms with van der Waals surface area (Å²) in [5.74, 6) is 0.659. The number of benzene rings is 1. The zero-order valence-corrected chi connectivity index (χ0v) is 22.8. The number of aromatic amines is 1. The van der Waals surface area contributed by atoms with Crippen LogP contribution in [0.1, 0.15) is 37.3 Å². The second-order valence-corrected chi connectivity index (χ2v) is 11.2. The van der Waals surface area contributed by atoms with Crippen LogP contribution in [0.2, 0.25) is 0 Å². The summed E-state index contributed by atoms with van der Waals surface area (Å²) in [5, 5.41) is 18.6. The lowest BCUT2D eigenvalue weighted by atomic mass is 9.79. The number of amides is 1. The Bertz CT molecular complexity index is 1480. The maximum absolute atomic E-state index is 12.3. The third-order valence-electron chi connectivity index (χ3n) is 8.54. The molecule has 10 nitrogen and oxygen atoms in total. The molecule has 1 amide bonds. The number of hydrogen-bond donors (Lipinski definition) is 1. The lowest BCUT2D eigenvalue weighted by molar-refractivity contribution is -0.136. The molecule has 0 aliphatic carbocycles. The van der Waals surface area contributed by atoms with Gasteiger partial charge >= 0.3 is 6.01 Å². The van der Waals surface area contributed by atoms with Crippen LogP contribution >= 0.6 is 0 Å². The number of rotatable bonds is 6. The average Bonchev–Trinajstić information content (AvgIpc) is 3.66. The molecule has 10 heteroatoms. The second-order valence-electron chi connectivity index (χ2n) is 11.2. The van der Waals surface area contributed by atoms with E-state index in [1.165, 1.54) is 0 Å². The number of nitrogens with one attached hydrogen (secondary N) is 1. The summed E-state index contributed by atoms with van der Waals surface area (Å²) in [6.45, 7) is 8.37. The van der Waals surface area contributed by atoms with Gasteiger partial charge in [-0.1, -0.05) is 12.1 Å². The van der Waals surface area contributed by atoms with Crippen molar-refractivity contribution in [3.05, 3.63) is 41.6 Å². The zero-order valence-electron chi connectivity index (χ0n) is 22.8. The fourth-order valence-corrected chi connectivity index (χ4v) is 6.35. The number of fused-ring (bicyclic) bond motifs is 1. The van der Waals surface area contributed by atoms with Crippen molar-refractivity contribution in [2.75, 3.05) is 51.3 Å².